The zero-order chi connectivity index (χ0) is 18.8. The molecule has 1 amide bonds. The second kappa shape index (κ2) is 7.34. The first kappa shape index (κ1) is 17.5. The molecule has 0 spiro atoms. The number of anilines is 1. The summed E-state index contributed by atoms with van der Waals surface area (Å²) < 4.78 is 18.7. The molecular weight excluding hydrogens is 345 g/mol. The molecule has 3 aromatic carbocycles. The highest BCUT2D eigenvalue weighted by atomic mass is 19.1. The van der Waals surface area contributed by atoms with Gasteiger partial charge in [0, 0.05) is 17.8 Å². The summed E-state index contributed by atoms with van der Waals surface area (Å²) in [6.45, 7) is 0. The van der Waals surface area contributed by atoms with Crippen molar-refractivity contribution in [3.8, 4) is 5.75 Å². The van der Waals surface area contributed by atoms with Gasteiger partial charge in [0.1, 0.15) is 6.04 Å². The third-order valence-corrected chi connectivity index (χ3v) is 4.84. The van der Waals surface area contributed by atoms with Gasteiger partial charge in [-0.25, -0.2) is 15.2 Å². The Morgan fingerprint density at radius 3 is 2.74 bits per heavy atom. The van der Waals surface area contributed by atoms with Crippen molar-refractivity contribution in [3.05, 3.63) is 72.0 Å². The summed E-state index contributed by atoms with van der Waals surface area (Å²) in [7, 11) is 1.40. The van der Waals surface area contributed by atoms with Gasteiger partial charge in [-0.3, -0.25) is 4.79 Å². The number of nitrogens with one attached hydrogen (secondary N) is 3. The summed E-state index contributed by atoms with van der Waals surface area (Å²) in [6, 6.07) is 18.3. The molecule has 0 bridgehead atoms. The highest BCUT2D eigenvalue weighted by Gasteiger charge is 2.31. The van der Waals surface area contributed by atoms with Crippen LogP contribution in [0.1, 0.15) is 18.0 Å². The normalized spacial score (nSPS) is 19.2. The molecule has 4 rings (SSSR count). The summed E-state index contributed by atoms with van der Waals surface area (Å²) in [5.74, 6) is -0.582. The van der Waals surface area contributed by atoms with Gasteiger partial charge in [0.25, 0.3) is 0 Å². The van der Waals surface area contributed by atoms with Crippen molar-refractivity contribution in [2.45, 2.75) is 18.5 Å². The number of carbonyl (C=O) groups is 1. The molecule has 0 radical (unpaired) electrons. The van der Waals surface area contributed by atoms with Crippen LogP contribution in [0.5, 0.6) is 5.75 Å². The van der Waals surface area contributed by atoms with Crippen LogP contribution in [0.15, 0.2) is 60.7 Å². The van der Waals surface area contributed by atoms with Crippen LogP contribution < -0.4 is 20.9 Å². The summed E-state index contributed by atoms with van der Waals surface area (Å²) in [5, 5.41) is 5.08. The van der Waals surface area contributed by atoms with Gasteiger partial charge >= 0.3 is 0 Å². The molecule has 1 fully saturated rings. The maximum Gasteiger partial charge on any atom is 0.242 e. The second-order valence-corrected chi connectivity index (χ2v) is 6.54. The van der Waals surface area contributed by atoms with Crippen LogP contribution in [-0.2, 0) is 4.79 Å². The first-order valence-corrected chi connectivity index (χ1v) is 8.79. The Morgan fingerprint density at radius 1 is 1.11 bits per heavy atom. The number of benzene rings is 3. The summed E-state index contributed by atoms with van der Waals surface area (Å²) in [5.41, 5.74) is 7.79. The third-order valence-electron chi connectivity index (χ3n) is 4.84. The van der Waals surface area contributed by atoms with Crippen molar-refractivity contribution in [1.29, 1.82) is 0 Å². The monoisotopic (exact) mass is 365 g/mol. The SMILES string of the molecule is COc1ccc(NC(=O)C2CC(c3cccc4ccccc34)NN2)cc1F. The predicted octanol–water partition coefficient (Wildman–Crippen LogP) is 3.53. The minimum Gasteiger partial charge on any atom is -0.494 e. The van der Waals surface area contributed by atoms with E-state index >= 15 is 0 Å². The van der Waals surface area contributed by atoms with Gasteiger partial charge in [0.15, 0.2) is 11.6 Å². The fourth-order valence-corrected chi connectivity index (χ4v) is 3.46. The Bertz CT molecular complexity index is 987. The Labute approximate surface area is 156 Å². The Kier molecular flexibility index (Phi) is 4.75. The lowest BCUT2D eigenvalue weighted by Crippen LogP contribution is -2.39. The average Bonchev–Trinajstić information content (AvgIpc) is 3.18. The first-order chi connectivity index (χ1) is 13.2. The molecule has 1 aliphatic heterocycles. The lowest BCUT2D eigenvalue weighted by atomic mass is 9.96. The molecule has 3 aromatic rings. The fraction of sp³-hybridized carbons (Fsp3) is 0.190. The molecule has 0 aromatic heterocycles. The largest absolute Gasteiger partial charge is 0.494 e. The van der Waals surface area contributed by atoms with Gasteiger partial charge in [-0.05, 0) is 34.9 Å². The highest BCUT2D eigenvalue weighted by Crippen LogP contribution is 2.29. The number of fused-ring (bicyclic) bond motifs is 1. The maximum absolute atomic E-state index is 13.8. The van der Waals surface area contributed by atoms with Crippen LogP contribution in [0.4, 0.5) is 10.1 Å². The number of hydrazine groups is 1. The molecular formula is C21H20FN3O2. The number of hydrogen-bond donors (Lipinski definition) is 3. The third kappa shape index (κ3) is 3.49. The highest BCUT2D eigenvalue weighted by molar-refractivity contribution is 5.95. The smallest absolute Gasteiger partial charge is 0.242 e. The lowest BCUT2D eigenvalue weighted by Gasteiger charge is -2.13. The molecule has 0 aliphatic carbocycles. The van der Waals surface area contributed by atoms with E-state index in [2.05, 4.69) is 40.4 Å². The van der Waals surface area contributed by atoms with Crippen molar-refractivity contribution < 1.29 is 13.9 Å². The number of hydrogen-bond acceptors (Lipinski definition) is 4. The lowest BCUT2D eigenvalue weighted by molar-refractivity contribution is -0.117. The van der Waals surface area contributed by atoms with Crippen LogP contribution in [0.25, 0.3) is 10.8 Å². The van der Waals surface area contributed by atoms with Crippen LogP contribution in [-0.4, -0.2) is 19.1 Å². The minimum absolute atomic E-state index is 0.0134. The Morgan fingerprint density at radius 2 is 1.93 bits per heavy atom. The number of methoxy groups -OCH3 is 1. The molecule has 1 saturated heterocycles. The quantitative estimate of drug-likeness (QED) is 0.662. The van der Waals surface area contributed by atoms with E-state index in [1.54, 1.807) is 6.07 Å². The van der Waals surface area contributed by atoms with Crippen molar-refractivity contribution >= 4 is 22.4 Å². The van der Waals surface area contributed by atoms with E-state index in [1.807, 2.05) is 18.2 Å². The molecule has 6 heteroatoms. The van der Waals surface area contributed by atoms with E-state index in [0.29, 0.717) is 12.1 Å². The number of amides is 1. The fourth-order valence-electron chi connectivity index (χ4n) is 3.46. The van der Waals surface area contributed by atoms with E-state index in [9.17, 15) is 9.18 Å². The molecule has 5 nitrogen and oxygen atoms in total. The van der Waals surface area contributed by atoms with Crippen molar-refractivity contribution in [1.82, 2.24) is 10.9 Å². The molecule has 0 saturated carbocycles. The predicted molar refractivity (Wildman–Crippen MR) is 103 cm³/mol. The zero-order valence-electron chi connectivity index (χ0n) is 14.8. The van der Waals surface area contributed by atoms with E-state index in [-0.39, 0.29) is 17.7 Å². The number of rotatable bonds is 4. The van der Waals surface area contributed by atoms with Gasteiger partial charge in [-0.1, -0.05) is 42.5 Å². The van der Waals surface area contributed by atoms with Crippen molar-refractivity contribution in [2.24, 2.45) is 0 Å². The molecule has 3 N–H and O–H groups in total. The topological polar surface area (TPSA) is 62.4 Å². The van der Waals surface area contributed by atoms with Crippen molar-refractivity contribution in [2.75, 3.05) is 12.4 Å². The number of ether oxygens (including phenoxy) is 1. The van der Waals surface area contributed by atoms with Crippen molar-refractivity contribution in [3.63, 3.8) is 0 Å². The standard InChI is InChI=1S/C21H20FN3O2/c1-27-20-10-9-14(11-17(20)22)23-21(26)19-12-18(24-25-19)16-8-4-6-13-5-2-3-7-15(13)16/h2-11,18-19,24-25H,12H2,1H3,(H,23,26). The maximum atomic E-state index is 13.8. The molecule has 1 aliphatic rings. The minimum atomic E-state index is -0.513. The van der Waals surface area contributed by atoms with Crippen LogP contribution in [0, 0.1) is 5.82 Å². The van der Waals surface area contributed by atoms with Crippen LogP contribution in [0.2, 0.25) is 0 Å². The molecule has 2 atom stereocenters. The van der Waals surface area contributed by atoms with Crippen LogP contribution >= 0.6 is 0 Å². The molecule has 138 valence electrons. The van der Waals surface area contributed by atoms with Gasteiger partial charge in [-0.15, -0.1) is 0 Å². The molecule has 2 unspecified atom stereocenters. The van der Waals surface area contributed by atoms with Gasteiger partial charge in [-0.2, -0.15) is 0 Å². The second-order valence-electron chi connectivity index (χ2n) is 6.54. The Balaban J connectivity index is 1.47. The molecule has 27 heavy (non-hydrogen) atoms. The number of carbonyl (C=O) groups excluding carboxylic acids is 1. The average molecular weight is 365 g/mol. The van der Waals surface area contributed by atoms with Crippen LogP contribution in [0.3, 0.4) is 0 Å². The van der Waals surface area contributed by atoms with E-state index in [0.717, 1.165) is 10.9 Å². The summed E-state index contributed by atoms with van der Waals surface area (Å²) in [6.07, 6.45) is 0.596. The Hall–Kier alpha value is -2.96. The van der Waals surface area contributed by atoms with E-state index in [4.69, 9.17) is 4.74 Å². The van der Waals surface area contributed by atoms with Gasteiger partial charge in [0.05, 0.1) is 7.11 Å². The van der Waals surface area contributed by atoms with Gasteiger partial charge < -0.3 is 10.1 Å². The first-order valence-electron chi connectivity index (χ1n) is 8.79. The summed E-state index contributed by atoms with van der Waals surface area (Å²) in [4.78, 5) is 12.6. The number of halogens is 1. The van der Waals surface area contributed by atoms with Gasteiger partial charge in [0.2, 0.25) is 5.91 Å². The van der Waals surface area contributed by atoms with E-state index < -0.39 is 11.9 Å². The zero-order valence-corrected chi connectivity index (χ0v) is 14.8. The molecule has 1 heterocycles. The summed E-state index contributed by atoms with van der Waals surface area (Å²) >= 11 is 0. The van der Waals surface area contributed by atoms with E-state index in [1.165, 1.54) is 24.6 Å².